The number of rotatable bonds is 6. The number of hydrogen-bond acceptors (Lipinski definition) is 3. The summed E-state index contributed by atoms with van der Waals surface area (Å²) in [6.45, 7) is 6.68. The molecule has 0 aromatic heterocycles. The van der Waals surface area contributed by atoms with Gasteiger partial charge in [-0.15, -0.1) is 0 Å². The van der Waals surface area contributed by atoms with E-state index in [0.717, 1.165) is 31.2 Å². The second-order valence-electron chi connectivity index (χ2n) is 6.34. The van der Waals surface area contributed by atoms with Crippen LogP contribution in [0.5, 0.6) is 0 Å². The molecule has 2 unspecified atom stereocenters. The van der Waals surface area contributed by atoms with Crippen LogP contribution in [0.3, 0.4) is 0 Å². The van der Waals surface area contributed by atoms with Crippen LogP contribution in [0.15, 0.2) is 0 Å². The molecule has 0 amide bonds. The van der Waals surface area contributed by atoms with Gasteiger partial charge in [-0.05, 0) is 25.2 Å². The predicted octanol–water partition coefficient (Wildman–Crippen LogP) is 2.66. The Morgan fingerprint density at radius 2 is 2.00 bits per heavy atom. The monoisotopic (exact) mass is 268 g/mol. The maximum absolute atomic E-state index is 5.29. The summed E-state index contributed by atoms with van der Waals surface area (Å²) in [5, 5.41) is 3.85. The van der Waals surface area contributed by atoms with Crippen LogP contribution in [-0.2, 0) is 4.74 Å². The summed E-state index contributed by atoms with van der Waals surface area (Å²) >= 11 is 0. The molecule has 0 spiro atoms. The van der Waals surface area contributed by atoms with Crippen molar-refractivity contribution >= 4 is 0 Å². The van der Waals surface area contributed by atoms with Gasteiger partial charge in [-0.3, -0.25) is 4.90 Å². The Balaban J connectivity index is 1.87. The van der Waals surface area contributed by atoms with E-state index in [4.69, 9.17) is 4.74 Å². The summed E-state index contributed by atoms with van der Waals surface area (Å²) in [6, 6.07) is 1.45. The molecule has 0 aromatic carbocycles. The average molecular weight is 268 g/mol. The SMILES string of the molecule is CCCC1CNC(C2CCCCC2)CN1CCOC. The van der Waals surface area contributed by atoms with Gasteiger partial charge in [0.25, 0.3) is 0 Å². The van der Waals surface area contributed by atoms with Crippen LogP contribution in [0.25, 0.3) is 0 Å². The van der Waals surface area contributed by atoms with Gasteiger partial charge >= 0.3 is 0 Å². The van der Waals surface area contributed by atoms with Crippen molar-refractivity contribution in [3.8, 4) is 0 Å². The van der Waals surface area contributed by atoms with Crippen molar-refractivity contribution in [3.63, 3.8) is 0 Å². The number of piperazine rings is 1. The first-order valence-electron chi connectivity index (χ1n) is 8.31. The minimum atomic E-state index is 0.722. The van der Waals surface area contributed by atoms with Crippen molar-refractivity contribution in [3.05, 3.63) is 0 Å². The molecule has 3 nitrogen and oxygen atoms in total. The molecule has 2 aliphatic rings. The maximum atomic E-state index is 5.29. The molecule has 1 aliphatic carbocycles. The van der Waals surface area contributed by atoms with Crippen LogP contribution in [-0.4, -0.2) is 50.3 Å². The molecule has 2 fully saturated rings. The lowest BCUT2D eigenvalue weighted by molar-refractivity contribution is 0.0632. The zero-order chi connectivity index (χ0) is 13.5. The predicted molar refractivity (Wildman–Crippen MR) is 80.5 cm³/mol. The largest absolute Gasteiger partial charge is 0.383 e. The summed E-state index contributed by atoms with van der Waals surface area (Å²) in [7, 11) is 1.82. The summed E-state index contributed by atoms with van der Waals surface area (Å²) in [4.78, 5) is 2.68. The minimum Gasteiger partial charge on any atom is -0.383 e. The van der Waals surface area contributed by atoms with Gasteiger partial charge in [-0.2, -0.15) is 0 Å². The van der Waals surface area contributed by atoms with Crippen molar-refractivity contribution in [2.45, 2.75) is 64.0 Å². The van der Waals surface area contributed by atoms with Crippen LogP contribution in [0.1, 0.15) is 51.9 Å². The second kappa shape index (κ2) is 8.23. The van der Waals surface area contributed by atoms with Crippen LogP contribution >= 0.6 is 0 Å². The second-order valence-corrected chi connectivity index (χ2v) is 6.34. The molecule has 1 heterocycles. The van der Waals surface area contributed by atoms with E-state index < -0.39 is 0 Å². The van der Waals surface area contributed by atoms with Crippen molar-refractivity contribution in [2.75, 3.05) is 33.4 Å². The molecule has 0 radical (unpaired) electrons. The summed E-state index contributed by atoms with van der Waals surface area (Å²) < 4.78 is 5.29. The number of hydrogen-bond donors (Lipinski definition) is 1. The third-order valence-corrected chi connectivity index (χ3v) is 4.99. The van der Waals surface area contributed by atoms with Gasteiger partial charge in [-0.25, -0.2) is 0 Å². The van der Waals surface area contributed by atoms with E-state index in [-0.39, 0.29) is 0 Å². The van der Waals surface area contributed by atoms with E-state index in [2.05, 4.69) is 17.1 Å². The van der Waals surface area contributed by atoms with E-state index >= 15 is 0 Å². The Kier molecular flexibility index (Phi) is 6.62. The lowest BCUT2D eigenvalue weighted by atomic mass is 9.82. The first kappa shape index (κ1) is 15.3. The molecule has 0 bridgehead atoms. The number of methoxy groups -OCH3 is 1. The van der Waals surface area contributed by atoms with Gasteiger partial charge in [0.1, 0.15) is 0 Å². The zero-order valence-corrected chi connectivity index (χ0v) is 12.9. The molecule has 1 N–H and O–H groups in total. The first-order chi connectivity index (χ1) is 9.35. The standard InChI is InChI=1S/C16H32N2O/c1-3-7-15-12-17-16(13-18(15)10-11-19-2)14-8-5-4-6-9-14/h14-17H,3-13H2,1-2H3. The molecule has 0 aromatic rings. The van der Waals surface area contributed by atoms with Gasteiger partial charge in [0.15, 0.2) is 0 Å². The molecule has 1 saturated heterocycles. The van der Waals surface area contributed by atoms with Crippen molar-refractivity contribution in [1.29, 1.82) is 0 Å². The highest BCUT2D eigenvalue weighted by Crippen LogP contribution is 2.28. The fraction of sp³-hybridized carbons (Fsp3) is 1.00. The number of ether oxygens (including phenoxy) is 1. The number of nitrogens with zero attached hydrogens (tertiary/aromatic N) is 1. The van der Waals surface area contributed by atoms with Gasteiger partial charge in [-0.1, -0.05) is 32.6 Å². The van der Waals surface area contributed by atoms with Gasteiger partial charge in [0, 0.05) is 38.8 Å². The van der Waals surface area contributed by atoms with Gasteiger partial charge < -0.3 is 10.1 Å². The lowest BCUT2D eigenvalue weighted by Crippen LogP contribution is -2.59. The molecule has 2 rings (SSSR count). The van der Waals surface area contributed by atoms with Gasteiger partial charge in [0.2, 0.25) is 0 Å². The summed E-state index contributed by atoms with van der Waals surface area (Å²) in [6.07, 6.45) is 9.81. The third-order valence-electron chi connectivity index (χ3n) is 4.99. The molecule has 3 heteroatoms. The molecular weight excluding hydrogens is 236 g/mol. The average Bonchev–Trinajstić information content (AvgIpc) is 2.47. The fourth-order valence-electron chi connectivity index (χ4n) is 3.84. The van der Waals surface area contributed by atoms with Crippen LogP contribution in [0, 0.1) is 5.92 Å². The van der Waals surface area contributed by atoms with E-state index in [0.29, 0.717) is 0 Å². The Hall–Kier alpha value is -0.120. The van der Waals surface area contributed by atoms with Crippen LogP contribution < -0.4 is 5.32 Å². The third kappa shape index (κ3) is 4.44. The smallest absolute Gasteiger partial charge is 0.0589 e. The molecule has 112 valence electrons. The Morgan fingerprint density at radius 1 is 1.21 bits per heavy atom. The van der Waals surface area contributed by atoms with Crippen molar-refractivity contribution < 1.29 is 4.74 Å². The lowest BCUT2D eigenvalue weighted by Gasteiger charge is -2.44. The highest BCUT2D eigenvalue weighted by atomic mass is 16.5. The molecule has 1 aliphatic heterocycles. The van der Waals surface area contributed by atoms with Crippen molar-refractivity contribution in [1.82, 2.24) is 10.2 Å². The highest BCUT2D eigenvalue weighted by Gasteiger charge is 2.31. The van der Waals surface area contributed by atoms with E-state index in [9.17, 15) is 0 Å². The van der Waals surface area contributed by atoms with E-state index in [1.54, 1.807) is 0 Å². The van der Waals surface area contributed by atoms with Gasteiger partial charge in [0.05, 0.1) is 6.61 Å². The van der Waals surface area contributed by atoms with Crippen molar-refractivity contribution in [2.24, 2.45) is 5.92 Å². The van der Waals surface area contributed by atoms with Crippen LogP contribution in [0.2, 0.25) is 0 Å². The topological polar surface area (TPSA) is 24.5 Å². The minimum absolute atomic E-state index is 0.722. The molecule has 2 atom stereocenters. The van der Waals surface area contributed by atoms with E-state index in [1.165, 1.54) is 58.0 Å². The van der Waals surface area contributed by atoms with Crippen LogP contribution in [0.4, 0.5) is 0 Å². The first-order valence-corrected chi connectivity index (χ1v) is 8.31. The Labute approximate surface area is 119 Å². The maximum Gasteiger partial charge on any atom is 0.0589 e. The highest BCUT2D eigenvalue weighted by molar-refractivity contribution is 4.90. The quantitative estimate of drug-likeness (QED) is 0.801. The zero-order valence-electron chi connectivity index (χ0n) is 12.9. The summed E-state index contributed by atoms with van der Waals surface area (Å²) in [5.41, 5.74) is 0. The van der Waals surface area contributed by atoms with E-state index in [1.807, 2.05) is 7.11 Å². The normalized spacial score (nSPS) is 30.6. The molecule has 1 saturated carbocycles. The number of nitrogens with one attached hydrogen (secondary N) is 1. The Bertz CT molecular complexity index is 241. The summed E-state index contributed by atoms with van der Waals surface area (Å²) in [5.74, 6) is 0.918. The molecule has 19 heavy (non-hydrogen) atoms. The fourth-order valence-corrected chi connectivity index (χ4v) is 3.84. The molecular formula is C16H32N2O. The Morgan fingerprint density at radius 3 is 2.68 bits per heavy atom.